The van der Waals surface area contributed by atoms with Crippen molar-refractivity contribution < 1.29 is 0 Å². The van der Waals surface area contributed by atoms with Crippen LogP contribution in [0.4, 0.5) is 0 Å². The first-order chi connectivity index (χ1) is 6.68. The number of nitrogens with one attached hydrogen (secondary N) is 1. The largest absolute Gasteiger partial charge is 0.322 e. The summed E-state index contributed by atoms with van der Waals surface area (Å²) in [5.41, 5.74) is 8.32. The van der Waals surface area contributed by atoms with Crippen LogP contribution in [0.3, 0.4) is 0 Å². The van der Waals surface area contributed by atoms with E-state index in [0.29, 0.717) is 5.92 Å². The van der Waals surface area contributed by atoms with Crippen LogP contribution in [0.15, 0.2) is 6.07 Å². The third-order valence-electron chi connectivity index (χ3n) is 3.22. The lowest BCUT2D eigenvalue weighted by Gasteiger charge is -2.23. The molecule has 0 saturated heterocycles. The molecule has 0 spiro atoms. The van der Waals surface area contributed by atoms with Crippen molar-refractivity contribution in [1.29, 1.82) is 0 Å². The van der Waals surface area contributed by atoms with Gasteiger partial charge < -0.3 is 5.73 Å². The summed E-state index contributed by atoms with van der Waals surface area (Å²) in [6, 6.07) is 2.22. The van der Waals surface area contributed by atoms with Crippen molar-refractivity contribution >= 4 is 0 Å². The molecular formula is C11H19N3. The monoisotopic (exact) mass is 193 g/mol. The highest BCUT2D eigenvalue weighted by Crippen LogP contribution is 2.36. The highest BCUT2D eigenvalue weighted by atomic mass is 15.1. The van der Waals surface area contributed by atoms with E-state index >= 15 is 0 Å². The van der Waals surface area contributed by atoms with E-state index in [-0.39, 0.29) is 6.04 Å². The standard InChI is InChI=1S/C11H19N3/c1-7(2)11(12)10-6-9(13-14-10)8-4-3-5-8/h6-8,11H,3-5,12H2,1-2H3,(H,13,14). The number of aromatic nitrogens is 2. The van der Waals surface area contributed by atoms with Crippen LogP contribution in [-0.4, -0.2) is 10.2 Å². The molecule has 0 aromatic carbocycles. The van der Waals surface area contributed by atoms with Crippen LogP contribution >= 0.6 is 0 Å². The SMILES string of the molecule is CC(C)C(N)c1cc(C2CCC2)[nH]n1. The third-order valence-corrected chi connectivity index (χ3v) is 3.22. The van der Waals surface area contributed by atoms with E-state index in [2.05, 4.69) is 30.1 Å². The maximum Gasteiger partial charge on any atom is 0.0794 e. The summed E-state index contributed by atoms with van der Waals surface area (Å²) in [7, 11) is 0. The van der Waals surface area contributed by atoms with E-state index in [9.17, 15) is 0 Å². The molecule has 1 saturated carbocycles. The minimum atomic E-state index is 0.0695. The van der Waals surface area contributed by atoms with Crippen molar-refractivity contribution in [2.75, 3.05) is 0 Å². The Hall–Kier alpha value is -0.830. The van der Waals surface area contributed by atoms with Gasteiger partial charge in [-0.05, 0) is 24.8 Å². The molecule has 78 valence electrons. The Balaban J connectivity index is 2.08. The zero-order valence-corrected chi connectivity index (χ0v) is 8.96. The minimum absolute atomic E-state index is 0.0695. The fourth-order valence-electron chi connectivity index (χ4n) is 1.79. The number of hydrogen-bond donors (Lipinski definition) is 2. The molecule has 1 heterocycles. The molecule has 0 bridgehead atoms. The summed E-state index contributed by atoms with van der Waals surface area (Å²) < 4.78 is 0. The van der Waals surface area contributed by atoms with Crippen LogP contribution in [0.25, 0.3) is 0 Å². The summed E-state index contributed by atoms with van der Waals surface area (Å²) in [5.74, 6) is 1.17. The summed E-state index contributed by atoms with van der Waals surface area (Å²) in [5, 5.41) is 7.40. The summed E-state index contributed by atoms with van der Waals surface area (Å²) in [6.45, 7) is 4.25. The van der Waals surface area contributed by atoms with E-state index in [1.54, 1.807) is 0 Å². The van der Waals surface area contributed by atoms with Crippen molar-refractivity contribution in [3.05, 3.63) is 17.5 Å². The lowest BCUT2D eigenvalue weighted by molar-refractivity contribution is 0.410. The Bertz CT molecular complexity index is 299. The van der Waals surface area contributed by atoms with E-state index in [1.165, 1.54) is 25.0 Å². The zero-order valence-electron chi connectivity index (χ0n) is 8.96. The third kappa shape index (κ3) is 1.69. The molecule has 2 rings (SSSR count). The van der Waals surface area contributed by atoms with Gasteiger partial charge in [0.25, 0.3) is 0 Å². The number of rotatable bonds is 3. The molecule has 0 aliphatic heterocycles. The molecule has 0 amide bonds. The van der Waals surface area contributed by atoms with Gasteiger partial charge >= 0.3 is 0 Å². The molecule has 3 N–H and O–H groups in total. The smallest absolute Gasteiger partial charge is 0.0794 e. The van der Waals surface area contributed by atoms with E-state index in [0.717, 1.165) is 11.6 Å². The quantitative estimate of drug-likeness (QED) is 0.774. The Morgan fingerprint density at radius 2 is 2.21 bits per heavy atom. The highest BCUT2D eigenvalue weighted by molar-refractivity contribution is 5.17. The van der Waals surface area contributed by atoms with Crippen molar-refractivity contribution in [2.24, 2.45) is 11.7 Å². The van der Waals surface area contributed by atoms with Crippen LogP contribution in [0.5, 0.6) is 0 Å². The van der Waals surface area contributed by atoms with Gasteiger partial charge in [-0.15, -0.1) is 0 Å². The highest BCUT2D eigenvalue weighted by Gasteiger charge is 2.23. The molecule has 1 aromatic heterocycles. The molecule has 3 nitrogen and oxygen atoms in total. The lowest BCUT2D eigenvalue weighted by atomic mass is 9.83. The molecule has 1 aromatic rings. The second-order valence-electron chi connectivity index (χ2n) is 4.65. The lowest BCUT2D eigenvalue weighted by Crippen LogP contribution is -2.17. The van der Waals surface area contributed by atoms with Crippen molar-refractivity contribution in [3.8, 4) is 0 Å². The molecule has 0 radical (unpaired) electrons. The summed E-state index contributed by atoms with van der Waals surface area (Å²) >= 11 is 0. The fraction of sp³-hybridized carbons (Fsp3) is 0.727. The van der Waals surface area contributed by atoms with Gasteiger partial charge in [0.05, 0.1) is 11.7 Å². The first kappa shape index (κ1) is 9.71. The second-order valence-corrected chi connectivity index (χ2v) is 4.65. The molecule has 1 fully saturated rings. The van der Waals surface area contributed by atoms with Crippen LogP contribution < -0.4 is 5.73 Å². The number of nitrogens with two attached hydrogens (primary N) is 1. The van der Waals surface area contributed by atoms with Gasteiger partial charge in [-0.25, -0.2) is 0 Å². The summed E-state index contributed by atoms with van der Waals surface area (Å²) in [6.07, 6.45) is 3.96. The topological polar surface area (TPSA) is 54.7 Å². The average molecular weight is 193 g/mol. The number of H-pyrrole nitrogens is 1. The van der Waals surface area contributed by atoms with Gasteiger partial charge in [0, 0.05) is 11.6 Å². The van der Waals surface area contributed by atoms with E-state index in [4.69, 9.17) is 5.73 Å². The molecule has 1 atom stereocenters. The Labute approximate surface area is 85.1 Å². The van der Waals surface area contributed by atoms with Gasteiger partial charge in [0.1, 0.15) is 0 Å². The number of nitrogens with zero attached hydrogens (tertiary/aromatic N) is 1. The van der Waals surface area contributed by atoms with Crippen LogP contribution in [0.2, 0.25) is 0 Å². The Morgan fingerprint density at radius 3 is 2.71 bits per heavy atom. The zero-order chi connectivity index (χ0) is 10.1. The number of aromatic amines is 1. The molecule has 3 heteroatoms. The van der Waals surface area contributed by atoms with Crippen LogP contribution in [0.1, 0.15) is 56.5 Å². The first-order valence-electron chi connectivity index (χ1n) is 5.49. The van der Waals surface area contributed by atoms with Gasteiger partial charge in [-0.2, -0.15) is 5.10 Å². The fourth-order valence-corrected chi connectivity index (χ4v) is 1.79. The minimum Gasteiger partial charge on any atom is -0.322 e. The Kier molecular flexibility index (Phi) is 2.59. The van der Waals surface area contributed by atoms with Gasteiger partial charge in [0.15, 0.2) is 0 Å². The molecule has 1 unspecified atom stereocenters. The predicted molar refractivity (Wildman–Crippen MR) is 56.9 cm³/mol. The second kappa shape index (κ2) is 3.73. The van der Waals surface area contributed by atoms with Gasteiger partial charge in [0.2, 0.25) is 0 Å². The Morgan fingerprint density at radius 1 is 1.50 bits per heavy atom. The van der Waals surface area contributed by atoms with Crippen LogP contribution in [-0.2, 0) is 0 Å². The first-order valence-corrected chi connectivity index (χ1v) is 5.49. The average Bonchev–Trinajstić information content (AvgIpc) is 2.48. The molecule has 14 heavy (non-hydrogen) atoms. The van der Waals surface area contributed by atoms with Crippen molar-refractivity contribution in [1.82, 2.24) is 10.2 Å². The predicted octanol–water partition coefficient (Wildman–Crippen LogP) is 2.33. The molecular weight excluding hydrogens is 174 g/mol. The number of hydrogen-bond acceptors (Lipinski definition) is 2. The van der Waals surface area contributed by atoms with E-state index < -0.39 is 0 Å². The molecule has 1 aliphatic carbocycles. The van der Waals surface area contributed by atoms with Crippen molar-refractivity contribution in [3.63, 3.8) is 0 Å². The van der Waals surface area contributed by atoms with Gasteiger partial charge in [-0.1, -0.05) is 20.3 Å². The maximum absolute atomic E-state index is 6.03. The van der Waals surface area contributed by atoms with E-state index in [1.807, 2.05) is 0 Å². The van der Waals surface area contributed by atoms with Crippen molar-refractivity contribution in [2.45, 2.75) is 45.1 Å². The van der Waals surface area contributed by atoms with Gasteiger partial charge in [-0.3, -0.25) is 5.10 Å². The maximum atomic E-state index is 6.03. The normalized spacial score (nSPS) is 19.7. The molecule has 1 aliphatic rings. The summed E-state index contributed by atoms with van der Waals surface area (Å²) in [4.78, 5) is 0. The van der Waals surface area contributed by atoms with Crippen LogP contribution in [0, 0.1) is 5.92 Å².